The van der Waals surface area contributed by atoms with Gasteiger partial charge in [0.25, 0.3) is 0 Å². The molecule has 3 N–H and O–H groups in total. The van der Waals surface area contributed by atoms with Crippen LogP contribution in [0.25, 0.3) is 23.0 Å². The normalized spacial score (nSPS) is 13.5. The number of aryl methyl sites for hydroxylation is 3. The van der Waals surface area contributed by atoms with E-state index < -0.39 is 5.54 Å². The van der Waals surface area contributed by atoms with Crippen molar-refractivity contribution in [3.05, 3.63) is 57.7 Å². The van der Waals surface area contributed by atoms with Crippen LogP contribution < -0.4 is 29.9 Å². The summed E-state index contributed by atoms with van der Waals surface area (Å²) in [4.78, 5) is 59.9. The average Bonchev–Trinajstić information content (AvgIpc) is 3.83. The minimum atomic E-state index is -0.728. The minimum Gasteiger partial charge on any atom is -0.496 e. The van der Waals surface area contributed by atoms with Gasteiger partial charge in [0, 0.05) is 83.6 Å². The number of nitrogens with zero attached hydrogens (tertiary/aromatic N) is 8. The molecule has 4 heterocycles. The Kier molecular flexibility index (Phi) is 12.5. The van der Waals surface area contributed by atoms with E-state index in [-0.39, 0.29) is 43.7 Å². The molecule has 310 valence electrons. The number of aliphatic hydroxyl groups excluding tert-OH is 1. The number of carbonyl (C=O) groups excluding carboxylic acids is 2. The van der Waals surface area contributed by atoms with Gasteiger partial charge in [-0.1, -0.05) is 0 Å². The third kappa shape index (κ3) is 9.80. The van der Waals surface area contributed by atoms with E-state index in [0.717, 1.165) is 78.0 Å². The number of pyridine rings is 2. The third-order valence-electron chi connectivity index (χ3n) is 10.3. The van der Waals surface area contributed by atoms with Crippen LogP contribution in [-0.2, 0) is 41.7 Å². The van der Waals surface area contributed by atoms with Crippen molar-refractivity contribution in [3.63, 3.8) is 0 Å². The fraction of sp³-hybridized carbons (Fsp3) is 0.535. The van der Waals surface area contributed by atoms with Gasteiger partial charge < -0.3 is 35.0 Å². The van der Waals surface area contributed by atoms with Crippen molar-refractivity contribution in [2.75, 3.05) is 57.3 Å². The Bertz CT molecular complexity index is 2180. The largest absolute Gasteiger partial charge is 0.496 e. The molecule has 0 spiro atoms. The number of methoxy groups -OCH3 is 1. The summed E-state index contributed by atoms with van der Waals surface area (Å²) >= 11 is 0. The van der Waals surface area contributed by atoms with Crippen LogP contribution in [0.5, 0.6) is 11.5 Å². The van der Waals surface area contributed by atoms with E-state index in [1.165, 1.54) is 0 Å². The second-order valence-corrected chi connectivity index (χ2v) is 17.1. The number of carbonyl (C=O) groups is 2. The first-order valence-corrected chi connectivity index (χ1v) is 20.0. The molecule has 0 radical (unpaired) electrons. The predicted molar refractivity (Wildman–Crippen MR) is 224 cm³/mol. The Morgan fingerprint density at radius 2 is 1.33 bits per heavy atom. The van der Waals surface area contributed by atoms with Gasteiger partial charge in [-0.05, 0) is 87.0 Å². The topological polar surface area (TPSA) is 181 Å². The number of hydrogen-bond donors (Lipinski definition) is 3. The minimum absolute atomic E-state index is 0.0708. The summed E-state index contributed by atoms with van der Waals surface area (Å²) in [5.41, 5.74) is 6.47. The number of hydrogen-bond acceptors (Lipinski definition) is 13. The van der Waals surface area contributed by atoms with Gasteiger partial charge in [-0.25, -0.2) is 24.9 Å². The average molecular weight is 795 g/mol. The van der Waals surface area contributed by atoms with E-state index in [1.54, 1.807) is 19.4 Å². The maximum absolute atomic E-state index is 13.8. The highest BCUT2D eigenvalue weighted by Crippen LogP contribution is 2.35. The SMILES string of the molecule is COc1cc(-c2nc3c(c(N(C)CC(=O)NC(C)(C)Cc4nc(-c5nc6c(c(N(C)CC(=O)NC(C)(C)C)n5)CCC6)cc(OCCO)c4C)n2)CCC3)ncc1C. The molecule has 0 unspecified atom stereocenters. The first-order chi connectivity index (χ1) is 27.4. The van der Waals surface area contributed by atoms with E-state index in [2.05, 4.69) is 15.6 Å². The van der Waals surface area contributed by atoms with Crippen molar-refractivity contribution >= 4 is 23.5 Å². The van der Waals surface area contributed by atoms with E-state index >= 15 is 0 Å². The zero-order valence-corrected chi connectivity index (χ0v) is 35.7. The highest BCUT2D eigenvalue weighted by molar-refractivity contribution is 5.83. The number of amides is 2. The lowest BCUT2D eigenvalue weighted by atomic mass is 9.95. The van der Waals surface area contributed by atoms with Crippen LogP contribution >= 0.6 is 0 Å². The highest BCUT2D eigenvalue weighted by atomic mass is 16.5. The second kappa shape index (κ2) is 17.2. The summed E-state index contributed by atoms with van der Waals surface area (Å²) < 4.78 is 11.6. The molecule has 58 heavy (non-hydrogen) atoms. The van der Waals surface area contributed by atoms with Crippen molar-refractivity contribution in [2.24, 2.45) is 0 Å². The summed E-state index contributed by atoms with van der Waals surface area (Å²) in [6.07, 6.45) is 7.35. The molecule has 2 aliphatic carbocycles. The molecule has 0 aliphatic heterocycles. The summed E-state index contributed by atoms with van der Waals surface area (Å²) in [5.74, 6) is 3.33. The van der Waals surface area contributed by atoms with Crippen molar-refractivity contribution in [2.45, 2.75) is 104 Å². The van der Waals surface area contributed by atoms with Crippen LogP contribution in [0.2, 0.25) is 0 Å². The predicted octanol–water partition coefficient (Wildman–Crippen LogP) is 4.29. The molecule has 0 fully saturated rings. The molecular weight excluding hydrogens is 737 g/mol. The quantitative estimate of drug-likeness (QED) is 0.155. The van der Waals surface area contributed by atoms with E-state index in [1.807, 2.05) is 78.4 Å². The van der Waals surface area contributed by atoms with E-state index in [4.69, 9.17) is 34.4 Å². The monoisotopic (exact) mass is 794 g/mol. The van der Waals surface area contributed by atoms with Crippen molar-refractivity contribution in [1.82, 2.24) is 40.5 Å². The molecule has 2 amide bonds. The summed E-state index contributed by atoms with van der Waals surface area (Å²) in [6, 6.07) is 3.65. The number of nitrogens with one attached hydrogen (secondary N) is 2. The van der Waals surface area contributed by atoms with Crippen molar-refractivity contribution in [3.8, 4) is 34.5 Å². The molecule has 0 aromatic carbocycles. The first-order valence-electron chi connectivity index (χ1n) is 20.0. The Balaban J connectivity index is 1.24. The summed E-state index contributed by atoms with van der Waals surface area (Å²) in [7, 11) is 5.37. The van der Waals surface area contributed by atoms with Crippen LogP contribution in [0, 0.1) is 13.8 Å². The van der Waals surface area contributed by atoms with Crippen LogP contribution in [0.1, 0.15) is 86.8 Å². The number of anilines is 2. The molecule has 0 saturated carbocycles. The van der Waals surface area contributed by atoms with Crippen LogP contribution in [0.3, 0.4) is 0 Å². The standard InChI is InChI=1S/C43H58N10O5/c1-25-22-44-31(19-34(25)57-10)38-46-29-15-11-13-27(29)40(48-38)53(9)24-37(56)51-43(6,7)21-33-26(2)35(58-18-17-54)20-32(45-33)39-47-30-16-12-14-28(30)41(49-39)52(8)23-36(55)50-42(3,4)5/h19-20,22,54H,11-18,21,23-24H2,1-10H3,(H,50,55)(H,51,56). The lowest BCUT2D eigenvalue weighted by Crippen LogP contribution is -2.49. The van der Waals surface area contributed by atoms with Gasteiger partial charge in [0.1, 0.15) is 41.1 Å². The van der Waals surface area contributed by atoms with Gasteiger partial charge in [0.15, 0.2) is 11.6 Å². The molecule has 15 heteroatoms. The number of aliphatic hydroxyl groups is 1. The van der Waals surface area contributed by atoms with Gasteiger partial charge in [0.05, 0.1) is 32.5 Å². The van der Waals surface area contributed by atoms with Gasteiger partial charge in [-0.3, -0.25) is 14.6 Å². The summed E-state index contributed by atoms with van der Waals surface area (Å²) in [5, 5.41) is 15.9. The molecule has 6 rings (SSSR count). The molecule has 0 bridgehead atoms. The maximum Gasteiger partial charge on any atom is 0.239 e. The maximum atomic E-state index is 13.8. The fourth-order valence-corrected chi connectivity index (χ4v) is 7.68. The van der Waals surface area contributed by atoms with Crippen LogP contribution in [-0.4, -0.2) is 105 Å². The van der Waals surface area contributed by atoms with Crippen LogP contribution in [0.4, 0.5) is 11.6 Å². The van der Waals surface area contributed by atoms with Gasteiger partial charge in [-0.15, -0.1) is 0 Å². The zero-order chi connectivity index (χ0) is 41.9. The Morgan fingerprint density at radius 1 is 0.776 bits per heavy atom. The number of rotatable bonds is 15. The number of aromatic nitrogens is 6. The smallest absolute Gasteiger partial charge is 0.239 e. The molecule has 0 saturated heterocycles. The van der Waals surface area contributed by atoms with E-state index in [9.17, 15) is 14.7 Å². The Labute approximate surface area is 341 Å². The molecular formula is C43H58N10O5. The molecule has 0 atom stereocenters. The first kappa shape index (κ1) is 42.2. The zero-order valence-electron chi connectivity index (χ0n) is 35.7. The molecule has 4 aromatic rings. The van der Waals surface area contributed by atoms with Gasteiger partial charge in [0.2, 0.25) is 11.8 Å². The molecule has 4 aromatic heterocycles. The second-order valence-electron chi connectivity index (χ2n) is 17.1. The number of ether oxygens (including phenoxy) is 2. The van der Waals surface area contributed by atoms with Gasteiger partial charge in [-0.2, -0.15) is 0 Å². The van der Waals surface area contributed by atoms with Crippen molar-refractivity contribution in [1.29, 1.82) is 0 Å². The summed E-state index contributed by atoms with van der Waals surface area (Å²) in [6.45, 7) is 13.8. The van der Waals surface area contributed by atoms with Crippen molar-refractivity contribution < 1.29 is 24.2 Å². The Morgan fingerprint density at radius 3 is 1.88 bits per heavy atom. The lowest BCUT2D eigenvalue weighted by Gasteiger charge is -2.29. The fourth-order valence-electron chi connectivity index (χ4n) is 7.68. The lowest BCUT2D eigenvalue weighted by molar-refractivity contribution is -0.122. The highest BCUT2D eigenvalue weighted by Gasteiger charge is 2.29. The number of fused-ring (bicyclic) bond motifs is 2. The Hall–Kier alpha value is -5.44. The van der Waals surface area contributed by atoms with Gasteiger partial charge >= 0.3 is 0 Å². The van der Waals surface area contributed by atoms with E-state index in [0.29, 0.717) is 52.5 Å². The molecule has 2 aliphatic rings. The number of likely N-dealkylation sites (N-methyl/N-ethyl adjacent to an activating group) is 2. The third-order valence-corrected chi connectivity index (χ3v) is 10.3. The van der Waals surface area contributed by atoms with Crippen LogP contribution in [0.15, 0.2) is 18.3 Å². The molecule has 15 nitrogen and oxygen atoms in total.